The zero-order valence-electron chi connectivity index (χ0n) is 23.0. The number of ether oxygens (including phenoxy) is 2. The van der Waals surface area contributed by atoms with E-state index in [9.17, 15) is 9.59 Å². The number of carbonyl (C=O) groups is 2. The van der Waals surface area contributed by atoms with Crippen LogP contribution in [-0.2, 0) is 19.1 Å². The summed E-state index contributed by atoms with van der Waals surface area (Å²) in [6, 6.07) is 18.3. The number of fused-ring (bicyclic) bond motifs is 1. The highest BCUT2D eigenvalue weighted by atomic mass is 16.5. The molecule has 0 radical (unpaired) electrons. The van der Waals surface area contributed by atoms with Crippen molar-refractivity contribution in [3.63, 3.8) is 0 Å². The number of esters is 2. The summed E-state index contributed by atoms with van der Waals surface area (Å²) in [6.07, 6.45) is 13.0. The van der Waals surface area contributed by atoms with E-state index in [4.69, 9.17) is 14.5 Å². The van der Waals surface area contributed by atoms with Crippen LogP contribution >= 0.6 is 0 Å². The molecule has 0 bridgehead atoms. The summed E-state index contributed by atoms with van der Waals surface area (Å²) in [5.74, 6) is -0.263. The maximum Gasteiger partial charge on any atom is 0.340 e. The maximum atomic E-state index is 13.6. The molecule has 204 valence electrons. The Morgan fingerprint density at radius 3 is 1.97 bits per heavy atom. The summed E-state index contributed by atoms with van der Waals surface area (Å²) < 4.78 is 10.6. The third kappa shape index (κ3) is 5.70. The van der Waals surface area contributed by atoms with Crippen LogP contribution in [0.4, 0.5) is 0 Å². The van der Waals surface area contributed by atoms with Gasteiger partial charge in [-0.15, -0.1) is 0 Å². The molecule has 2 aliphatic carbocycles. The second-order valence-electron chi connectivity index (χ2n) is 10.6. The molecule has 0 aromatic heterocycles. The number of carbonyl (C=O) groups excluding carboxylic acids is 2. The van der Waals surface area contributed by atoms with Gasteiger partial charge in [0.1, 0.15) is 5.84 Å². The van der Waals surface area contributed by atoms with Crippen LogP contribution in [0.2, 0.25) is 0 Å². The van der Waals surface area contributed by atoms with Gasteiger partial charge in [-0.1, -0.05) is 93.1 Å². The summed E-state index contributed by atoms with van der Waals surface area (Å²) in [4.78, 5) is 34.7. The van der Waals surface area contributed by atoms with Gasteiger partial charge in [-0.25, -0.2) is 9.59 Å². The standard InChI is InChI=1S/C33H38N2O4/c1-38-32(36)28-22-35(25-18-10-5-11-19-25)31(34-24-16-8-4-9-17-24)27-21-13-12-20-26(27)29(30(28)33(37)39-2)23-14-6-3-7-15-23/h3,6-7,12-15,20-22,24-25H,4-5,8-11,16-19H2,1-2H3/b28-22+,30-29+,34-31?. The van der Waals surface area contributed by atoms with E-state index in [1.807, 2.05) is 54.7 Å². The van der Waals surface area contributed by atoms with Gasteiger partial charge < -0.3 is 14.4 Å². The van der Waals surface area contributed by atoms with Gasteiger partial charge >= 0.3 is 11.9 Å². The Labute approximate surface area is 231 Å². The molecule has 39 heavy (non-hydrogen) atoms. The van der Waals surface area contributed by atoms with Gasteiger partial charge in [0.2, 0.25) is 0 Å². The molecule has 1 aliphatic heterocycles. The molecule has 0 saturated heterocycles. The fraction of sp³-hybridized carbons (Fsp3) is 0.424. The van der Waals surface area contributed by atoms with Crippen molar-refractivity contribution in [1.82, 2.24) is 4.90 Å². The van der Waals surface area contributed by atoms with Crippen LogP contribution < -0.4 is 0 Å². The summed E-state index contributed by atoms with van der Waals surface area (Å²) in [7, 11) is 2.71. The molecule has 0 atom stereocenters. The second kappa shape index (κ2) is 12.5. The summed E-state index contributed by atoms with van der Waals surface area (Å²) in [6.45, 7) is 0. The lowest BCUT2D eigenvalue weighted by Crippen LogP contribution is -2.41. The highest BCUT2D eigenvalue weighted by Gasteiger charge is 2.35. The summed E-state index contributed by atoms with van der Waals surface area (Å²) >= 11 is 0. The lowest BCUT2D eigenvalue weighted by molar-refractivity contribution is -0.139. The smallest absolute Gasteiger partial charge is 0.340 e. The molecule has 1 heterocycles. The molecular weight excluding hydrogens is 488 g/mol. The molecule has 0 unspecified atom stereocenters. The van der Waals surface area contributed by atoms with Crippen molar-refractivity contribution in [2.45, 2.75) is 76.3 Å². The summed E-state index contributed by atoms with van der Waals surface area (Å²) in [5, 5.41) is 0. The van der Waals surface area contributed by atoms with Gasteiger partial charge in [0.15, 0.2) is 0 Å². The third-order valence-corrected chi connectivity index (χ3v) is 8.17. The Morgan fingerprint density at radius 2 is 1.33 bits per heavy atom. The van der Waals surface area contributed by atoms with Gasteiger partial charge in [-0.3, -0.25) is 4.99 Å². The van der Waals surface area contributed by atoms with Gasteiger partial charge in [-0.2, -0.15) is 0 Å². The van der Waals surface area contributed by atoms with Crippen LogP contribution in [-0.4, -0.2) is 49.0 Å². The Hall–Kier alpha value is -3.67. The molecule has 2 aromatic carbocycles. The van der Waals surface area contributed by atoms with Gasteiger partial charge in [0, 0.05) is 23.4 Å². The van der Waals surface area contributed by atoms with Crippen molar-refractivity contribution >= 4 is 23.3 Å². The maximum absolute atomic E-state index is 13.6. The Bertz CT molecular complexity index is 1280. The zero-order chi connectivity index (χ0) is 27.2. The quantitative estimate of drug-likeness (QED) is 0.419. The fourth-order valence-electron chi connectivity index (χ4n) is 6.21. The number of rotatable bonds is 5. The number of hydrogen-bond donors (Lipinski definition) is 0. The average Bonchev–Trinajstić information content (AvgIpc) is 3.00. The lowest BCUT2D eigenvalue weighted by Gasteiger charge is -2.37. The molecule has 3 aliphatic rings. The van der Waals surface area contributed by atoms with Crippen LogP contribution in [0.5, 0.6) is 0 Å². The van der Waals surface area contributed by atoms with Gasteiger partial charge in [0.25, 0.3) is 0 Å². The first-order valence-electron chi connectivity index (χ1n) is 14.3. The molecule has 0 N–H and O–H groups in total. The lowest BCUT2D eigenvalue weighted by atomic mass is 9.84. The predicted molar refractivity (Wildman–Crippen MR) is 153 cm³/mol. The number of benzene rings is 2. The average molecular weight is 527 g/mol. The number of amidine groups is 1. The second-order valence-corrected chi connectivity index (χ2v) is 10.6. The van der Waals surface area contributed by atoms with E-state index in [0.717, 1.165) is 61.1 Å². The predicted octanol–water partition coefficient (Wildman–Crippen LogP) is 6.45. The zero-order valence-corrected chi connectivity index (χ0v) is 23.0. The topological polar surface area (TPSA) is 68.2 Å². The van der Waals surface area contributed by atoms with Gasteiger partial charge in [0.05, 0.1) is 31.4 Å². The molecule has 0 spiro atoms. The van der Waals surface area contributed by atoms with Crippen molar-refractivity contribution in [3.05, 3.63) is 88.6 Å². The molecular formula is C33H38N2O4. The Balaban J connectivity index is 1.86. The molecule has 2 fully saturated rings. The first-order valence-corrected chi connectivity index (χ1v) is 14.3. The van der Waals surface area contributed by atoms with E-state index in [1.54, 1.807) is 0 Å². The van der Waals surface area contributed by atoms with E-state index in [-0.39, 0.29) is 23.2 Å². The number of hydrogen-bond acceptors (Lipinski definition) is 5. The van der Waals surface area contributed by atoms with Crippen molar-refractivity contribution in [1.29, 1.82) is 0 Å². The van der Waals surface area contributed by atoms with E-state index < -0.39 is 11.9 Å². The molecule has 5 rings (SSSR count). The number of methoxy groups -OCH3 is 2. The molecule has 2 aromatic rings. The summed E-state index contributed by atoms with van der Waals surface area (Å²) in [5.41, 5.74) is 3.70. The molecule has 6 heteroatoms. The molecule has 0 amide bonds. The van der Waals surface area contributed by atoms with Crippen LogP contribution in [0, 0.1) is 0 Å². The van der Waals surface area contributed by atoms with E-state index >= 15 is 0 Å². The highest BCUT2D eigenvalue weighted by Crippen LogP contribution is 2.38. The van der Waals surface area contributed by atoms with Crippen molar-refractivity contribution in [2.75, 3.05) is 14.2 Å². The van der Waals surface area contributed by atoms with Crippen molar-refractivity contribution in [2.24, 2.45) is 4.99 Å². The first-order chi connectivity index (χ1) is 19.1. The van der Waals surface area contributed by atoms with E-state index in [0.29, 0.717) is 5.57 Å². The normalized spacial score (nSPS) is 23.3. The van der Waals surface area contributed by atoms with Crippen LogP contribution in [0.15, 0.2) is 76.9 Å². The van der Waals surface area contributed by atoms with Gasteiger partial charge in [-0.05, 0) is 36.8 Å². The number of nitrogens with zero attached hydrogens (tertiary/aromatic N) is 2. The largest absolute Gasteiger partial charge is 0.465 e. The minimum Gasteiger partial charge on any atom is -0.465 e. The minimum absolute atomic E-state index is 0.172. The van der Waals surface area contributed by atoms with Crippen molar-refractivity contribution < 1.29 is 19.1 Å². The van der Waals surface area contributed by atoms with E-state index in [1.165, 1.54) is 39.9 Å². The minimum atomic E-state index is -0.573. The third-order valence-electron chi connectivity index (χ3n) is 8.17. The van der Waals surface area contributed by atoms with Crippen LogP contribution in [0.3, 0.4) is 0 Å². The van der Waals surface area contributed by atoms with Crippen LogP contribution in [0.1, 0.15) is 80.9 Å². The van der Waals surface area contributed by atoms with Crippen molar-refractivity contribution in [3.8, 4) is 0 Å². The van der Waals surface area contributed by atoms with Crippen LogP contribution in [0.25, 0.3) is 5.57 Å². The SMILES string of the molecule is COC(=O)C1=C/N(C2CCCCC2)C(=NC2CCCCC2)c2ccccc2/C(c2ccccc2)=C\1C(=O)OC. The number of aliphatic imine (C=N–C) groups is 1. The Morgan fingerprint density at radius 1 is 0.744 bits per heavy atom. The first kappa shape index (κ1) is 26.9. The molecule has 6 nitrogen and oxygen atoms in total. The van der Waals surface area contributed by atoms with E-state index in [2.05, 4.69) is 11.0 Å². The highest BCUT2D eigenvalue weighted by molar-refractivity contribution is 6.17. The monoisotopic (exact) mass is 526 g/mol. The Kier molecular flexibility index (Phi) is 8.60. The molecule has 2 saturated carbocycles. The fourth-order valence-corrected chi connectivity index (χ4v) is 6.21.